The van der Waals surface area contributed by atoms with Crippen molar-refractivity contribution >= 4 is 37.4 Å². The summed E-state index contributed by atoms with van der Waals surface area (Å²) in [5, 5.41) is 1.27. The quantitative estimate of drug-likeness (QED) is 0.203. The Kier molecular flexibility index (Phi) is 9.27. The zero-order chi connectivity index (χ0) is 26.5. The largest absolute Gasteiger partial charge is 0.494 e. The van der Waals surface area contributed by atoms with Crippen LogP contribution in [0.1, 0.15) is 44.1 Å². The minimum Gasteiger partial charge on any atom is -0.494 e. The number of hydrogen-bond acceptors (Lipinski definition) is 4. The summed E-state index contributed by atoms with van der Waals surface area (Å²) in [4.78, 5) is 15.5. The first-order valence-corrected chi connectivity index (χ1v) is 15.7. The molecule has 0 saturated heterocycles. The number of benzene rings is 2. The van der Waals surface area contributed by atoms with Gasteiger partial charge in [-0.15, -0.1) is 0 Å². The molecule has 3 aromatic rings. The van der Waals surface area contributed by atoms with E-state index in [4.69, 9.17) is 38.1 Å². The molecule has 2 aromatic carbocycles. The van der Waals surface area contributed by atoms with E-state index in [1.165, 1.54) is 0 Å². The first-order valence-electron chi connectivity index (χ1n) is 12.0. The van der Waals surface area contributed by atoms with Gasteiger partial charge >= 0.3 is 0 Å². The number of imidazole rings is 1. The van der Waals surface area contributed by atoms with Crippen LogP contribution in [-0.4, -0.2) is 36.5 Å². The highest BCUT2D eigenvalue weighted by atomic mass is 35.5. The number of hydrogen-bond donors (Lipinski definition) is 1. The Balaban J connectivity index is 1.64. The number of primary amides is 1. The third kappa shape index (κ3) is 7.84. The third-order valence-corrected chi connectivity index (χ3v) is 11.5. The molecule has 0 fully saturated rings. The van der Waals surface area contributed by atoms with Crippen LogP contribution >= 0.6 is 23.2 Å². The molecule has 1 amide bonds. The van der Waals surface area contributed by atoms with E-state index in [1.54, 1.807) is 18.6 Å². The Labute approximate surface area is 224 Å². The van der Waals surface area contributed by atoms with Gasteiger partial charge in [0.25, 0.3) is 5.91 Å². The predicted octanol–water partition coefficient (Wildman–Crippen LogP) is 7.21. The average molecular weight is 549 g/mol. The maximum atomic E-state index is 11.4. The number of rotatable bonds is 11. The molecule has 0 aliphatic heterocycles. The second kappa shape index (κ2) is 11.8. The van der Waals surface area contributed by atoms with Crippen LogP contribution in [-0.2, 0) is 11.0 Å². The monoisotopic (exact) mass is 547 g/mol. The summed E-state index contributed by atoms with van der Waals surface area (Å²) in [7, 11) is -2.00. The molecule has 0 saturated carbocycles. The SMILES string of the molecule is CC(C)(C)[Si](C)(C)O[C@@H](CCCOc1cccc(-c2cc(Cl)cc(Cl)c2)c1)Cn1cnc(C(N)=O)c1. The van der Waals surface area contributed by atoms with Crippen LogP contribution in [0.2, 0.25) is 28.2 Å². The fourth-order valence-electron chi connectivity index (χ4n) is 3.59. The molecular weight excluding hydrogens is 513 g/mol. The first kappa shape index (κ1) is 28.3. The number of ether oxygens (including phenoxy) is 1. The van der Waals surface area contributed by atoms with E-state index >= 15 is 0 Å². The van der Waals surface area contributed by atoms with Crippen molar-refractivity contribution in [1.82, 2.24) is 9.55 Å². The fourth-order valence-corrected chi connectivity index (χ4v) is 5.50. The van der Waals surface area contributed by atoms with Crippen LogP contribution in [0.4, 0.5) is 0 Å². The summed E-state index contributed by atoms with van der Waals surface area (Å²) in [6, 6.07) is 13.4. The molecule has 0 aliphatic carbocycles. The summed E-state index contributed by atoms with van der Waals surface area (Å²) in [6.07, 6.45) is 4.88. The molecule has 3 rings (SSSR count). The highest BCUT2D eigenvalue weighted by molar-refractivity contribution is 6.74. The van der Waals surface area contributed by atoms with Gasteiger partial charge in [-0.3, -0.25) is 4.79 Å². The van der Waals surface area contributed by atoms with Crippen molar-refractivity contribution in [1.29, 1.82) is 0 Å². The number of aromatic nitrogens is 2. The number of carbonyl (C=O) groups excluding carboxylic acids is 1. The molecule has 1 atom stereocenters. The topological polar surface area (TPSA) is 79.4 Å². The normalized spacial score (nSPS) is 13.0. The lowest BCUT2D eigenvalue weighted by Gasteiger charge is -2.39. The molecule has 0 unspecified atom stereocenters. The predicted molar refractivity (Wildman–Crippen MR) is 149 cm³/mol. The van der Waals surface area contributed by atoms with E-state index in [1.807, 2.05) is 41.0 Å². The molecule has 0 bridgehead atoms. The maximum Gasteiger partial charge on any atom is 0.268 e. The van der Waals surface area contributed by atoms with Crippen LogP contribution in [0.3, 0.4) is 0 Å². The van der Waals surface area contributed by atoms with Gasteiger partial charge in [0.05, 0.1) is 19.0 Å². The molecule has 0 aliphatic rings. The second-order valence-electron chi connectivity index (χ2n) is 10.5. The van der Waals surface area contributed by atoms with Gasteiger partial charge in [-0.25, -0.2) is 4.98 Å². The molecule has 9 heteroatoms. The van der Waals surface area contributed by atoms with Gasteiger partial charge in [-0.1, -0.05) is 56.1 Å². The highest BCUT2D eigenvalue weighted by Crippen LogP contribution is 2.38. The van der Waals surface area contributed by atoms with Crippen molar-refractivity contribution in [2.24, 2.45) is 5.73 Å². The van der Waals surface area contributed by atoms with Crippen LogP contribution in [0.25, 0.3) is 11.1 Å². The molecule has 6 nitrogen and oxygen atoms in total. The van der Waals surface area contributed by atoms with Gasteiger partial charge in [-0.2, -0.15) is 0 Å². The Morgan fingerprint density at radius 3 is 2.42 bits per heavy atom. The van der Waals surface area contributed by atoms with E-state index in [-0.39, 0.29) is 16.8 Å². The number of amides is 1. The third-order valence-electron chi connectivity index (χ3n) is 6.54. The van der Waals surface area contributed by atoms with E-state index in [0.29, 0.717) is 23.2 Å². The summed E-state index contributed by atoms with van der Waals surface area (Å²) in [6.45, 7) is 12.3. The van der Waals surface area contributed by atoms with Crippen molar-refractivity contribution in [3.05, 3.63) is 70.7 Å². The zero-order valence-electron chi connectivity index (χ0n) is 21.6. The molecule has 1 heterocycles. The van der Waals surface area contributed by atoms with Gasteiger partial charge in [0.2, 0.25) is 0 Å². The summed E-state index contributed by atoms with van der Waals surface area (Å²) < 4.78 is 14.7. The van der Waals surface area contributed by atoms with E-state index in [2.05, 4.69) is 38.8 Å². The van der Waals surface area contributed by atoms with Crippen LogP contribution < -0.4 is 10.5 Å². The number of carbonyl (C=O) groups is 1. The number of nitrogens with two attached hydrogens (primary N) is 1. The zero-order valence-corrected chi connectivity index (χ0v) is 24.1. The van der Waals surface area contributed by atoms with Crippen LogP contribution in [0.15, 0.2) is 55.0 Å². The van der Waals surface area contributed by atoms with Crippen LogP contribution in [0.5, 0.6) is 5.75 Å². The Bertz CT molecular complexity index is 1170. The second-order valence-corrected chi connectivity index (χ2v) is 16.1. The summed E-state index contributed by atoms with van der Waals surface area (Å²) >= 11 is 12.3. The Hall–Kier alpha value is -2.32. The Morgan fingerprint density at radius 2 is 1.81 bits per heavy atom. The number of halogens is 2. The molecule has 0 spiro atoms. The minimum atomic E-state index is -2.00. The highest BCUT2D eigenvalue weighted by Gasteiger charge is 2.39. The lowest BCUT2D eigenvalue weighted by atomic mass is 10.1. The average Bonchev–Trinajstić information content (AvgIpc) is 3.24. The van der Waals surface area contributed by atoms with Crippen molar-refractivity contribution < 1.29 is 14.0 Å². The van der Waals surface area contributed by atoms with Crippen LogP contribution in [0, 0.1) is 0 Å². The molecule has 194 valence electrons. The summed E-state index contributed by atoms with van der Waals surface area (Å²) in [5.41, 5.74) is 7.55. The van der Waals surface area contributed by atoms with Gasteiger partial charge in [0.15, 0.2) is 8.32 Å². The van der Waals surface area contributed by atoms with Crippen molar-refractivity contribution in [3.63, 3.8) is 0 Å². The van der Waals surface area contributed by atoms with E-state index < -0.39 is 14.2 Å². The standard InChI is InChI=1S/C27H35Cl2N3O3Si/c1-27(2,3)36(4,5)35-24(16-32-17-25(26(30)33)31-18-32)10-7-11-34-23-9-6-8-19(14-23)20-12-21(28)15-22(29)13-20/h6,8-9,12-15,17-18,24H,7,10-11,16H2,1-5H3,(H2,30,33)/t24-/m0/s1. The Morgan fingerprint density at radius 1 is 1.11 bits per heavy atom. The minimum absolute atomic E-state index is 0.0376. The van der Waals surface area contributed by atoms with Crippen molar-refractivity contribution in [2.45, 2.75) is 64.4 Å². The fraction of sp³-hybridized carbons (Fsp3) is 0.407. The van der Waals surface area contributed by atoms with Gasteiger partial charge in [0, 0.05) is 22.8 Å². The van der Waals surface area contributed by atoms with Crippen molar-refractivity contribution in [2.75, 3.05) is 6.61 Å². The number of nitrogens with zero attached hydrogens (tertiary/aromatic N) is 2. The van der Waals surface area contributed by atoms with E-state index in [0.717, 1.165) is 29.7 Å². The molecule has 36 heavy (non-hydrogen) atoms. The molecular formula is C27H35Cl2N3O3Si. The van der Waals surface area contributed by atoms with Gasteiger partial charge in [-0.05, 0) is 72.4 Å². The lowest BCUT2D eigenvalue weighted by Crippen LogP contribution is -2.45. The van der Waals surface area contributed by atoms with E-state index in [9.17, 15) is 4.79 Å². The molecule has 2 N–H and O–H groups in total. The first-order chi connectivity index (χ1) is 16.8. The smallest absolute Gasteiger partial charge is 0.268 e. The maximum absolute atomic E-state index is 11.4. The summed E-state index contributed by atoms with van der Waals surface area (Å²) in [5.74, 6) is 0.248. The lowest BCUT2D eigenvalue weighted by molar-refractivity contribution is 0.0995. The molecule has 0 radical (unpaired) electrons. The molecule has 1 aromatic heterocycles. The van der Waals surface area contributed by atoms with Gasteiger partial charge < -0.3 is 19.5 Å². The van der Waals surface area contributed by atoms with Gasteiger partial charge in [0.1, 0.15) is 11.4 Å². The van der Waals surface area contributed by atoms with Crippen molar-refractivity contribution in [3.8, 4) is 16.9 Å².